The molecule has 0 aliphatic heterocycles. The summed E-state index contributed by atoms with van der Waals surface area (Å²) in [6.45, 7) is 0.699. The molecule has 0 aromatic carbocycles. The van der Waals surface area contributed by atoms with Crippen LogP contribution in [0.2, 0.25) is 0 Å². The minimum absolute atomic E-state index is 0.0804. The molecule has 0 bridgehead atoms. The summed E-state index contributed by atoms with van der Waals surface area (Å²) in [6.07, 6.45) is 7.67. The third-order valence-electron chi connectivity index (χ3n) is 4.15. The Morgan fingerprint density at radius 2 is 2.00 bits per heavy atom. The number of furan rings is 1. The van der Waals surface area contributed by atoms with Gasteiger partial charge in [-0.2, -0.15) is 5.10 Å². The van der Waals surface area contributed by atoms with Gasteiger partial charge >= 0.3 is 0 Å². The van der Waals surface area contributed by atoms with E-state index in [4.69, 9.17) is 4.42 Å². The first kappa shape index (κ1) is 19.5. The maximum atomic E-state index is 12.3. The molecule has 4 aromatic heterocycles. The van der Waals surface area contributed by atoms with Crippen LogP contribution in [-0.4, -0.2) is 31.6 Å². The van der Waals surface area contributed by atoms with Crippen molar-refractivity contribution in [2.24, 2.45) is 0 Å². The summed E-state index contributed by atoms with van der Waals surface area (Å²) in [7, 11) is 0. The van der Waals surface area contributed by atoms with Crippen LogP contribution in [0.25, 0.3) is 0 Å². The standard InChI is InChI=1S/C20H18N6O3S/c27-18(12-15-13-30-20(22-15)24-19(28)16-2-1-11-29-16)23-17-6-10-26(25-17)9-5-14-3-7-21-8-4-14/h1-4,6-8,10-11,13H,5,9,12H2,(H,22,24,28)(H,23,25,27). The molecule has 0 aliphatic carbocycles. The summed E-state index contributed by atoms with van der Waals surface area (Å²) in [5.74, 6) is 0.0616. The second-order valence-corrected chi connectivity index (χ2v) is 7.23. The second kappa shape index (κ2) is 9.14. The predicted octanol–water partition coefficient (Wildman–Crippen LogP) is 3.00. The van der Waals surface area contributed by atoms with Gasteiger partial charge in [-0.05, 0) is 36.2 Å². The first-order chi connectivity index (χ1) is 14.7. The molecule has 152 valence electrons. The third kappa shape index (κ3) is 5.17. The molecule has 0 saturated heterocycles. The minimum atomic E-state index is -0.386. The van der Waals surface area contributed by atoms with Crippen LogP contribution >= 0.6 is 11.3 Å². The molecule has 0 aliphatic rings. The van der Waals surface area contributed by atoms with E-state index in [0.29, 0.717) is 23.2 Å². The normalized spacial score (nSPS) is 10.7. The van der Waals surface area contributed by atoms with Crippen LogP contribution < -0.4 is 10.6 Å². The van der Waals surface area contributed by atoms with Crippen molar-refractivity contribution in [3.63, 3.8) is 0 Å². The summed E-state index contributed by atoms with van der Waals surface area (Å²) < 4.78 is 6.82. The van der Waals surface area contributed by atoms with E-state index < -0.39 is 0 Å². The molecule has 0 saturated carbocycles. The van der Waals surface area contributed by atoms with Crippen molar-refractivity contribution in [1.29, 1.82) is 0 Å². The maximum absolute atomic E-state index is 12.3. The van der Waals surface area contributed by atoms with Gasteiger partial charge in [0.1, 0.15) is 0 Å². The van der Waals surface area contributed by atoms with Gasteiger partial charge < -0.3 is 9.73 Å². The summed E-state index contributed by atoms with van der Waals surface area (Å²) in [5.41, 5.74) is 1.73. The topological polar surface area (TPSA) is 115 Å². The van der Waals surface area contributed by atoms with Gasteiger partial charge in [-0.15, -0.1) is 11.3 Å². The molecule has 0 radical (unpaired) electrons. The molecule has 0 fully saturated rings. The fraction of sp³-hybridized carbons (Fsp3) is 0.150. The highest BCUT2D eigenvalue weighted by atomic mass is 32.1. The molecule has 2 N–H and O–H groups in total. The van der Waals surface area contributed by atoms with E-state index in [2.05, 4.69) is 25.7 Å². The second-order valence-electron chi connectivity index (χ2n) is 6.37. The van der Waals surface area contributed by atoms with Crippen LogP contribution in [0, 0.1) is 0 Å². The molecular formula is C20H18N6O3S. The van der Waals surface area contributed by atoms with Crippen molar-refractivity contribution < 1.29 is 14.0 Å². The molecule has 9 nitrogen and oxygen atoms in total. The quantitative estimate of drug-likeness (QED) is 0.451. The molecule has 4 rings (SSSR count). The van der Waals surface area contributed by atoms with Crippen LogP contribution in [0.3, 0.4) is 0 Å². The summed E-state index contributed by atoms with van der Waals surface area (Å²) in [5, 5.41) is 11.9. The first-order valence-corrected chi connectivity index (χ1v) is 10.0. The molecule has 0 unspecified atom stereocenters. The van der Waals surface area contributed by atoms with Gasteiger partial charge in [-0.3, -0.25) is 24.6 Å². The highest BCUT2D eigenvalue weighted by molar-refractivity contribution is 7.14. The molecule has 4 aromatic rings. The lowest BCUT2D eigenvalue weighted by Crippen LogP contribution is -2.16. The van der Waals surface area contributed by atoms with Gasteiger partial charge in [-0.25, -0.2) is 4.98 Å². The van der Waals surface area contributed by atoms with Crippen molar-refractivity contribution in [1.82, 2.24) is 19.7 Å². The lowest BCUT2D eigenvalue weighted by molar-refractivity contribution is -0.115. The number of pyridine rings is 1. The number of hydrogen-bond acceptors (Lipinski definition) is 7. The number of carbonyl (C=O) groups excluding carboxylic acids is 2. The highest BCUT2D eigenvalue weighted by Crippen LogP contribution is 2.17. The van der Waals surface area contributed by atoms with Gasteiger partial charge in [0.15, 0.2) is 16.7 Å². The first-order valence-electron chi connectivity index (χ1n) is 9.17. The zero-order chi connectivity index (χ0) is 20.8. The lowest BCUT2D eigenvalue weighted by atomic mass is 10.2. The number of thiazole rings is 1. The Morgan fingerprint density at radius 3 is 2.80 bits per heavy atom. The maximum Gasteiger partial charge on any atom is 0.293 e. The van der Waals surface area contributed by atoms with E-state index in [1.54, 1.807) is 40.7 Å². The lowest BCUT2D eigenvalue weighted by Gasteiger charge is -2.02. The van der Waals surface area contributed by atoms with E-state index in [1.165, 1.54) is 23.2 Å². The molecule has 30 heavy (non-hydrogen) atoms. The van der Waals surface area contributed by atoms with Crippen molar-refractivity contribution in [2.75, 3.05) is 10.6 Å². The van der Waals surface area contributed by atoms with E-state index in [1.807, 2.05) is 18.3 Å². The fourth-order valence-electron chi connectivity index (χ4n) is 2.71. The average Bonchev–Trinajstić information content (AvgIpc) is 3.50. The predicted molar refractivity (Wildman–Crippen MR) is 111 cm³/mol. The molecular weight excluding hydrogens is 404 g/mol. The van der Waals surface area contributed by atoms with E-state index in [0.717, 1.165) is 6.42 Å². The fourth-order valence-corrected chi connectivity index (χ4v) is 3.41. The highest BCUT2D eigenvalue weighted by Gasteiger charge is 2.13. The van der Waals surface area contributed by atoms with E-state index >= 15 is 0 Å². The van der Waals surface area contributed by atoms with E-state index in [9.17, 15) is 9.59 Å². The zero-order valence-corrected chi connectivity index (χ0v) is 16.6. The van der Waals surface area contributed by atoms with Crippen LogP contribution in [-0.2, 0) is 24.2 Å². The number of amides is 2. The van der Waals surface area contributed by atoms with Crippen LogP contribution in [0.5, 0.6) is 0 Å². The summed E-state index contributed by atoms with van der Waals surface area (Å²) in [6, 6.07) is 8.87. The Morgan fingerprint density at radius 1 is 1.13 bits per heavy atom. The monoisotopic (exact) mass is 422 g/mol. The van der Waals surface area contributed by atoms with Gasteiger partial charge in [0.25, 0.3) is 5.91 Å². The summed E-state index contributed by atoms with van der Waals surface area (Å²) in [4.78, 5) is 32.5. The third-order valence-corrected chi connectivity index (χ3v) is 4.95. The van der Waals surface area contributed by atoms with E-state index in [-0.39, 0.29) is 24.0 Å². The Bertz CT molecular complexity index is 1120. The summed E-state index contributed by atoms with van der Waals surface area (Å²) >= 11 is 1.24. The minimum Gasteiger partial charge on any atom is -0.459 e. The number of anilines is 2. The smallest absolute Gasteiger partial charge is 0.293 e. The van der Waals surface area contributed by atoms with Crippen molar-refractivity contribution >= 4 is 34.1 Å². The Hall–Kier alpha value is -3.79. The number of nitrogens with one attached hydrogen (secondary N) is 2. The largest absolute Gasteiger partial charge is 0.459 e. The molecule has 0 spiro atoms. The Labute approximate surface area is 175 Å². The SMILES string of the molecule is O=C(Cc1csc(NC(=O)c2ccco2)n1)Nc1ccn(CCc2ccncc2)n1. The molecule has 10 heteroatoms. The van der Waals surface area contributed by atoms with Crippen LogP contribution in [0.1, 0.15) is 21.8 Å². The molecule has 2 amide bonds. The Kier molecular flexibility index (Phi) is 5.95. The number of aryl methyl sites for hydroxylation is 2. The van der Waals surface area contributed by atoms with Crippen molar-refractivity contribution in [3.8, 4) is 0 Å². The molecule has 0 atom stereocenters. The van der Waals surface area contributed by atoms with Gasteiger partial charge in [0, 0.05) is 36.6 Å². The number of rotatable bonds is 8. The van der Waals surface area contributed by atoms with Gasteiger partial charge in [0.05, 0.1) is 18.4 Å². The van der Waals surface area contributed by atoms with Crippen molar-refractivity contribution in [3.05, 3.63) is 77.6 Å². The molecule has 4 heterocycles. The number of hydrogen-bond donors (Lipinski definition) is 2. The van der Waals surface area contributed by atoms with Gasteiger partial charge in [0.2, 0.25) is 5.91 Å². The number of nitrogens with zero attached hydrogens (tertiary/aromatic N) is 4. The average molecular weight is 422 g/mol. The van der Waals surface area contributed by atoms with Crippen LogP contribution in [0.15, 0.2) is 65.0 Å². The van der Waals surface area contributed by atoms with Gasteiger partial charge in [-0.1, -0.05) is 0 Å². The van der Waals surface area contributed by atoms with Crippen molar-refractivity contribution in [2.45, 2.75) is 19.4 Å². The van der Waals surface area contributed by atoms with Crippen LogP contribution in [0.4, 0.5) is 10.9 Å². The number of aromatic nitrogens is 4. The zero-order valence-electron chi connectivity index (χ0n) is 15.8. The number of carbonyl (C=O) groups is 2. The Balaban J connectivity index is 1.26.